The van der Waals surface area contributed by atoms with Crippen molar-refractivity contribution in [2.75, 3.05) is 0 Å². The van der Waals surface area contributed by atoms with Gasteiger partial charge < -0.3 is 0 Å². The fraction of sp³-hybridized carbons (Fsp3) is 0.154. The van der Waals surface area contributed by atoms with E-state index in [2.05, 4.69) is 79.8 Å². The van der Waals surface area contributed by atoms with Gasteiger partial charge in [-0.2, -0.15) is 0 Å². The van der Waals surface area contributed by atoms with Gasteiger partial charge in [-0.3, -0.25) is 0 Å². The van der Waals surface area contributed by atoms with Gasteiger partial charge in [0.25, 0.3) is 0 Å². The van der Waals surface area contributed by atoms with Gasteiger partial charge in [0.2, 0.25) is 0 Å². The first-order valence-corrected chi connectivity index (χ1v) is 19.7. The molecular weight excluding hydrogens is 420 g/mol. The molecule has 0 bridgehead atoms. The molecule has 0 spiro atoms. The van der Waals surface area contributed by atoms with Crippen molar-refractivity contribution in [1.82, 2.24) is 0 Å². The molecule has 4 heteroatoms. The molecule has 1 unspecified atom stereocenters. The Hall–Kier alpha value is -2.33. The molecule has 0 fully saturated rings. The molecule has 0 amide bonds. The molecule has 0 N–H and O–H groups in total. The van der Waals surface area contributed by atoms with Crippen molar-refractivity contribution in [1.29, 1.82) is 0 Å². The van der Waals surface area contributed by atoms with Crippen LogP contribution in [0.5, 0.6) is 0 Å². The van der Waals surface area contributed by atoms with E-state index in [1.54, 1.807) is 0 Å². The summed E-state index contributed by atoms with van der Waals surface area (Å²) in [5.41, 5.74) is 7.25. The van der Waals surface area contributed by atoms with Crippen molar-refractivity contribution >= 4 is 25.8 Å². The number of fused-ring (bicyclic) bond motifs is 4. The van der Waals surface area contributed by atoms with Gasteiger partial charge in [-0.05, 0) is 0 Å². The summed E-state index contributed by atoms with van der Waals surface area (Å²) in [5, 5.41) is 0. The molecule has 2 aliphatic carbocycles. The molecule has 2 aliphatic rings. The summed E-state index contributed by atoms with van der Waals surface area (Å²) in [4.78, 5) is 26.7. The first-order chi connectivity index (χ1) is 14.6. The van der Waals surface area contributed by atoms with E-state index in [-0.39, 0.29) is 4.22 Å². The molecule has 2 nitrogen and oxygen atoms in total. The van der Waals surface area contributed by atoms with Gasteiger partial charge in [-0.1, -0.05) is 0 Å². The van der Waals surface area contributed by atoms with Gasteiger partial charge in [0.15, 0.2) is 0 Å². The van der Waals surface area contributed by atoms with E-state index < -0.39 is 21.2 Å². The van der Waals surface area contributed by atoms with Crippen LogP contribution < -0.4 is 3.87 Å². The third kappa shape index (κ3) is 2.29. The third-order valence-electron chi connectivity index (χ3n) is 7.78. The van der Waals surface area contributed by atoms with Crippen molar-refractivity contribution in [2.24, 2.45) is 0 Å². The molecule has 149 valence electrons. The van der Waals surface area contributed by atoms with Crippen molar-refractivity contribution in [3.05, 3.63) is 95.1 Å². The summed E-state index contributed by atoms with van der Waals surface area (Å²) < 4.78 is 3.39. The molecule has 3 aromatic rings. The maximum absolute atomic E-state index is 13.3. The fourth-order valence-corrected chi connectivity index (χ4v) is 24.9. The van der Waals surface area contributed by atoms with Gasteiger partial charge in [-0.15, -0.1) is 0 Å². The second kappa shape index (κ2) is 6.85. The van der Waals surface area contributed by atoms with E-state index in [4.69, 9.17) is 0 Å². The third-order valence-corrected chi connectivity index (χ3v) is 33.6. The minimum absolute atomic E-state index is 0.0879. The topological polar surface area (TPSA) is 34.1 Å². The zero-order chi connectivity index (χ0) is 21.0. The Morgan fingerprint density at radius 2 is 1.57 bits per heavy atom. The summed E-state index contributed by atoms with van der Waals surface area (Å²) in [7, 11) is 0. The van der Waals surface area contributed by atoms with Crippen LogP contribution in [0.3, 0.4) is 0 Å². The SMILES string of the molecule is C[SiH](C)[Ti]([CH]=O)([CH]=O)([c]1cccc2c1Cc1ccccc1-2)[CH]1C=Cc2ccccc21. The van der Waals surface area contributed by atoms with Crippen LogP contribution in [0.15, 0.2) is 72.8 Å². The molecule has 0 heterocycles. The van der Waals surface area contributed by atoms with Gasteiger partial charge in [-0.25, -0.2) is 0 Å². The summed E-state index contributed by atoms with van der Waals surface area (Å²) >= 11 is -4.52. The van der Waals surface area contributed by atoms with Crippen LogP contribution in [0.25, 0.3) is 17.2 Å². The first kappa shape index (κ1) is 19.6. The van der Waals surface area contributed by atoms with E-state index in [0.29, 0.717) is 0 Å². The van der Waals surface area contributed by atoms with Crippen LogP contribution in [-0.4, -0.2) is 15.8 Å². The molecule has 5 rings (SSSR count). The summed E-state index contributed by atoms with van der Waals surface area (Å²) in [6.07, 6.45) is 5.09. The number of allylic oxidation sites excluding steroid dienone is 1. The Labute approximate surface area is 179 Å². The molecule has 0 saturated carbocycles. The molecular formula is C26H25O2SiTi. The van der Waals surface area contributed by atoms with E-state index in [9.17, 15) is 9.59 Å². The van der Waals surface area contributed by atoms with Gasteiger partial charge in [0.05, 0.1) is 0 Å². The van der Waals surface area contributed by atoms with E-state index >= 15 is 0 Å². The molecule has 30 heavy (non-hydrogen) atoms. The number of carbonyl (C=O) groups is 2. The van der Waals surface area contributed by atoms with Gasteiger partial charge in [0.1, 0.15) is 0 Å². The monoisotopic (exact) mass is 445 g/mol. The molecule has 1 atom stereocenters. The number of rotatable bonds is 5. The molecule has 0 aromatic heterocycles. The summed E-state index contributed by atoms with van der Waals surface area (Å²) in [6, 6.07) is 23.1. The Balaban J connectivity index is 1.85. The Morgan fingerprint density at radius 1 is 0.867 bits per heavy atom. The van der Waals surface area contributed by atoms with Crippen LogP contribution in [0, 0.1) is 0 Å². The van der Waals surface area contributed by atoms with Crippen molar-refractivity contribution in [2.45, 2.75) is 23.7 Å². The van der Waals surface area contributed by atoms with Crippen molar-refractivity contribution in [3.63, 3.8) is 0 Å². The predicted octanol–water partition coefficient (Wildman–Crippen LogP) is 4.70. The van der Waals surface area contributed by atoms with Crippen molar-refractivity contribution in [3.8, 4) is 11.1 Å². The quantitative estimate of drug-likeness (QED) is 0.330. The zero-order valence-electron chi connectivity index (χ0n) is 17.3. The molecule has 3 aromatic carbocycles. The predicted molar refractivity (Wildman–Crippen MR) is 125 cm³/mol. The van der Waals surface area contributed by atoms with Gasteiger partial charge in [0, 0.05) is 0 Å². The number of hydrogen-bond donors (Lipinski definition) is 0. The van der Waals surface area contributed by atoms with Gasteiger partial charge >= 0.3 is 180 Å². The van der Waals surface area contributed by atoms with E-state index in [1.165, 1.54) is 31.4 Å². The van der Waals surface area contributed by atoms with Crippen molar-refractivity contribution < 1.29 is 24.1 Å². The number of hydrogen-bond acceptors (Lipinski definition) is 2. The van der Waals surface area contributed by atoms with E-state index in [1.807, 2.05) is 12.1 Å². The Morgan fingerprint density at radius 3 is 2.33 bits per heavy atom. The average molecular weight is 445 g/mol. The molecule has 0 saturated heterocycles. The molecule has 0 aliphatic heterocycles. The Bertz CT molecular complexity index is 1220. The fourth-order valence-electron chi connectivity index (χ4n) is 5.92. The second-order valence-electron chi connectivity index (χ2n) is 9.10. The van der Waals surface area contributed by atoms with E-state index in [0.717, 1.165) is 21.4 Å². The normalized spacial score (nSPS) is 17.7. The number of carbonyl (C=O) groups excluding carboxylic acids is 2. The van der Waals surface area contributed by atoms with Crippen LogP contribution >= 0.6 is 0 Å². The molecule has 0 radical (unpaired) electrons. The number of benzene rings is 3. The zero-order valence-corrected chi connectivity index (χ0v) is 20.1. The van der Waals surface area contributed by atoms with Crippen LogP contribution in [0.1, 0.15) is 26.5 Å². The summed E-state index contributed by atoms with van der Waals surface area (Å²) in [6.45, 7) is 2.71. The summed E-state index contributed by atoms with van der Waals surface area (Å²) in [5.74, 6) is 0. The first-order valence-electron chi connectivity index (χ1n) is 10.6. The standard InChI is InChI=1S/C13H9.C9H7.C2H7Si.2CHO.Ti/c1-3-7-12-10(5-1)9-11-6-2-4-8-13(11)12;1-2-5-9-7-3-6-8(9)4-1;1-3-2;2*1-2;/h1-5,7-8H,9H2;1-7H;3H,1-2H3;2*1H;. The van der Waals surface area contributed by atoms with Crippen LogP contribution in [-0.2, 0) is 30.6 Å². The second-order valence-corrected chi connectivity index (χ2v) is 29.6. The maximum atomic E-state index is 13.3. The van der Waals surface area contributed by atoms with Crippen LogP contribution in [0.2, 0.25) is 13.1 Å². The average Bonchev–Trinajstić information content (AvgIpc) is 3.38. The Kier molecular flexibility index (Phi) is 4.48. The minimum atomic E-state index is -4.52. The van der Waals surface area contributed by atoms with Crippen LogP contribution in [0.4, 0.5) is 0 Å².